The van der Waals surface area contributed by atoms with Crippen LogP contribution >= 0.6 is 0 Å². The summed E-state index contributed by atoms with van der Waals surface area (Å²) in [5.74, 6) is 2.28. The fourth-order valence-electron chi connectivity index (χ4n) is 2.61. The van der Waals surface area contributed by atoms with Crippen LogP contribution in [0.2, 0.25) is 0 Å². The molecule has 110 valence electrons. The summed E-state index contributed by atoms with van der Waals surface area (Å²) in [6, 6.07) is 5.58. The zero-order valence-corrected chi connectivity index (χ0v) is 12.4. The molecule has 0 spiro atoms. The van der Waals surface area contributed by atoms with Crippen molar-refractivity contribution in [2.75, 3.05) is 7.11 Å². The molecule has 0 amide bonds. The maximum atomic E-state index is 8.98. The van der Waals surface area contributed by atoms with Gasteiger partial charge in [-0.3, -0.25) is 0 Å². The molecule has 0 aliphatic heterocycles. The molecule has 1 fully saturated rings. The van der Waals surface area contributed by atoms with Crippen molar-refractivity contribution in [2.45, 2.75) is 45.6 Å². The molecule has 0 heterocycles. The first-order chi connectivity index (χ1) is 9.63. The van der Waals surface area contributed by atoms with E-state index >= 15 is 0 Å². The summed E-state index contributed by atoms with van der Waals surface area (Å²) >= 11 is 0. The van der Waals surface area contributed by atoms with Crippen LogP contribution in [-0.4, -0.2) is 24.1 Å². The molecule has 1 saturated carbocycles. The molecule has 4 nitrogen and oxygen atoms in total. The predicted octanol–water partition coefficient (Wildman–Crippen LogP) is 3.85. The molecule has 0 atom stereocenters. The van der Waals surface area contributed by atoms with Crippen LogP contribution in [0.25, 0.3) is 0 Å². The lowest BCUT2D eigenvalue weighted by molar-refractivity contribution is 0.135. The number of oxime groups is 1. The molecule has 0 saturated heterocycles. The maximum absolute atomic E-state index is 8.98. The van der Waals surface area contributed by atoms with E-state index < -0.39 is 0 Å². The summed E-state index contributed by atoms with van der Waals surface area (Å²) in [7, 11) is 1.63. The van der Waals surface area contributed by atoms with Crippen molar-refractivity contribution in [2.24, 2.45) is 11.1 Å². The lowest BCUT2D eigenvalue weighted by Gasteiger charge is -2.27. The summed E-state index contributed by atoms with van der Waals surface area (Å²) in [6.45, 7) is 4.05. The van der Waals surface area contributed by atoms with Crippen molar-refractivity contribution in [3.8, 4) is 11.5 Å². The van der Waals surface area contributed by atoms with Gasteiger partial charge in [0, 0.05) is 11.6 Å². The molecule has 1 aromatic carbocycles. The van der Waals surface area contributed by atoms with Crippen LogP contribution in [0, 0.1) is 5.92 Å². The first-order valence-electron chi connectivity index (χ1n) is 7.17. The number of nitrogens with zero attached hydrogens (tertiary/aromatic N) is 1. The van der Waals surface area contributed by atoms with Crippen molar-refractivity contribution >= 4 is 5.71 Å². The van der Waals surface area contributed by atoms with Crippen LogP contribution < -0.4 is 9.47 Å². The van der Waals surface area contributed by atoms with E-state index in [9.17, 15) is 0 Å². The number of rotatable bonds is 4. The Morgan fingerprint density at radius 1 is 1.25 bits per heavy atom. The van der Waals surface area contributed by atoms with Gasteiger partial charge in [0.1, 0.15) is 11.5 Å². The topological polar surface area (TPSA) is 51.0 Å². The highest BCUT2D eigenvalue weighted by atomic mass is 16.5. The molecular weight excluding hydrogens is 254 g/mol. The third-order valence-corrected chi connectivity index (χ3v) is 3.99. The summed E-state index contributed by atoms with van der Waals surface area (Å²) < 4.78 is 11.4. The average molecular weight is 277 g/mol. The molecule has 0 unspecified atom stereocenters. The standard InChI is InChI=1S/C16H23NO3/c1-11-4-6-13(7-5-11)20-16-10-14(19-3)8-9-15(16)12(2)17-18/h8-11,13,18H,4-7H2,1-3H3/b17-12+. The smallest absolute Gasteiger partial charge is 0.132 e. The van der Waals surface area contributed by atoms with E-state index in [4.69, 9.17) is 14.7 Å². The van der Waals surface area contributed by atoms with Crippen molar-refractivity contribution in [1.29, 1.82) is 0 Å². The van der Waals surface area contributed by atoms with Crippen LogP contribution in [0.15, 0.2) is 23.4 Å². The van der Waals surface area contributed by atoms with Gasteiger partial charge in [-0.05, 0) is 50.7 Å². The Labute approximate surface area is 120 Å². The molecular formula is C16H23NO3. The summed E-state index contributed by atoms with van der Waals surface area (Å²) in [5, 5.41) is 12.3. The Bertz CT molecular complexity index is 477. The number of methoxy groups -OCH3 is 1. The molecule has 0 aromatic heterocycles. The van der Waals surface area contributed by atoms with E-state index in [1.807, 2.05) is 18.2 Å². The zero-order valence-electron chi connectivity index (χ0n) is 12.4. The minimum Gasteiger partial charge on any atom is -0.497 e. The second kappa shape index (κ2) is 6.64. The second-order valence-electron chi connectivity index (χ2n) is 5.55. The third kappa shape index (κ3) is 3.44. The third-order valence-electron chi connectivity index (χ3n) is 3.99. The highest BCUT2D eigenvalue weighted by Crippen LogP contribution is 2.31. The van der Waals surface area contributed by atoms with Crippen molar-refractivity contribution < 1.29 is 14.7 Å². The number of benzene rings is 1. The number of ether oxygens (including phenoxy) is 2. The second-order valence-corrected chi connectivity index (χ2v) is 5.55. The fourth-order valence-corrected chi connectivity index (χ4v) is 2.61. The molecule has 4 heteroatoms. The Morgan fingerprint density at radius 3 is 2.55 bits per heavy atom. The van der Waals surface area contributed by atoms with Gasteiger partial charge in [-0.15, -0.1) is 0 Å². The van der Waals surface area contributed by atoms with Gasteiger partial charge in [-0.2, -0.15) is 0 Å². The molecule has 0 radical (unpaired) electrons. The Morgan fingerprint density at radius 2 is 1.95 bits per heavy atom. The van der Waals surface area contributed by atoms with Gasteiger partial charge in [0.2, 0.25) is 0 Å². The van der Waals surface area contributed by atoms with Crippen molar-refractivity contribution in [3.63, 3.8) is 0 Å². The molecule has 1 aromatic rings. The van der Waals surface area contributed by atoms with Gasteiger partial charge >= 0.3 is 0 Å². The van der Waals surface area contributed by atoms with Gasteiger partial charge in [-0.1, -0.05) is 12.1 Å². The Balaban J connectivity index is 2.19. The van der Waals surface area contributed by atoms with Crippen LogP contribution in [0.4, 0.5) is 0 Å². The van der Waals surface area contributed by atoms with E-state index in [1.54, 1.807) is 14.0 Å². The van der Waals surface area contributed by atoms with Gasteiger partial charge in [0.25, 0.3) is 0 Å². The highest BCUT2D eigenvalue weighted by Gasteiger charge is 2.21. The summed E-state index contributed by atoms with van der Waals surface area (Å²) in [6.07, 6.45) is 4.80. The van der Waals surface area contributed by atoms with Crippen LogP contribution in [0.1, 0.15) is 45.1 Å². The van der Waals surface area contributed by atoms with Crippen molar-refractivity contribution in [1.82, 2.24) is 0 Å². The monoisotopic (exact) mass is 277 g/mol. The molecule has 0 bridgehead atoms. The number of hydrogen-bond donors (Lipinski definition) is 1. The summed E-state index contributed by atoms with van der Waals surface area (Å²) in [5.41, 5.74) is 1.36. The van der Waals surface area contributed by atoms with E-state index in [1.165, 1.54) is 12.8 Å². The fraction of sp³-hybridized carbons (Fsp3) is 0.562. The van der Waals surface area contributed by atoms with Gasteiger partial charge in [0.15, 0.2) is 0 Å². The van der Waals surface area contributed by atoms with E-state index in [-0.39, 0.29) is 6.10 Å². The average Bonchev–Trinajstić information content (AvgIpc) is 2.48. The lowest BCUT2D eigenvalue weighted by atomic mass is 9.89. The van der Waals surface area contributed by atoms with Gasteiger partial charge < -0.3 is 14.7 Å². The van der Waals surface area contributed by atoms with Gasteiger partial charge in [0.05, 0.1) is 18.9 Å². The summed E-state index contributed by atoms with van der Waals surface area (Å²) in [4.78, 5) is 0. The van der Waals surface area contributed by atoms with E-state index in [0.717, 1.165) is 35.8 Å². The normalized spacial score (nSPS) is 23.4. The molecule has 20 heavy (non-hydrogen) atoms. The van der Waals surface area contributed by atoms with Gasteiger partial charge in [-0.25, -0.2) is 0 Å². The Hall–Kier alpha value is -1.71. The molecule has 1 aliphatic carbocycles. The van der Waals surface area contributed by atoms with E-state index in [2.05, 4.69) is 12.1 Å². The highest BCUT2D eigenvalue weighted by molar-refractivity contribution is 6.00. The minimum absolute atomic E-state index is 0.239. The molecule has 1 aliphatic rings. The zero-order chi connectivity index (χ0) is 14.5. The van der Waals surface area contributed by atoms with Crippen LogP contribution in [0.5, 0.6) is 11.5 Å². The maximum Gasteiger partial charge on any atom is 0.132 e. The molecule has 2 rings (SSSR count). The number of hydrogen-bond acceptors (Lipinski definition) is 4. The SMILES string of the molecule is COc1ccc(/C(C)=N/O)c(OC2CCC(C)CC2)c1. The van der Waals surface area contributed by atoms with Crippen LogP contribution in [0.3, 0.4) is 0 Å². The lowest BCUT2D eigenvalue weighted by Crippen LogP contribution is -2.23. The van der Waals surface area contributed by atoms with E-state index in [0.29, 0.717) is 5.71 Å². The quantitative estimate of drug-likeness (QED) is 0.516. The van der Waals surface area contributed by atoms with Crippen molar-refractivity contribution in [3.05, 3.63) is 23.8 Å². The Kier molecular flexibility index (Phi) is 4.88. The first-order valence-corrected chi connectivity index (χ1v) is 7.17. The first kappa shape index (κ1) is 14.7. The molecule has 1 N–H and O–H groups in total. The largest absolute Gasteiger partial charge is 0.497 e. The minimum atomic E-state index is 0.239. The predicted molar refractivity (Wildman–Crippen MR) is 79.0 cm³/mol. The van der Waals surface area contributed by atoms with Crippen LogP contribution in [-0.2, 0) is 0 Å².